The maximum Gasteiger partial charge on any atom is 0.323 e. The van der Waals surface area contributed by atoms with E-state index in [1.165, 1.54) is 11.1 Å². The van der Waals surface area contributed by atoms with Crippen LogP contribution in [0.3, 0.4) is 0 Å². The van der Waals surface area contributed by atoms with E-state index in [2.05, 4.69) is 10.4 Å². The SMILES string of the molecule is CCN(CC(=O)O)C(=O)Nc1cnn(CC)c1. The molecule has 1 heterocycles. The van der Waals surface area contributed by atoms with Gasteiger partial charge in [0.15, 0.2) is 0 Å². The van der Waals surface area contributed by atoms with Crippen LogP contribution in [-0.2, 0) is 11.3 Å². The first kappa shape index (κ1) is 13.0. The Morgan fingerprint density at radius 2 is 2.24 bits per heavy atom. The summed E-state index contributed by atoms with van der Waals surface area (Å²) < 4.78 is 1.67. The highest BCUT2D eigenvalue weighted by Gasteiger charge is 2.15. The van der Waals surface area contributed by atoms with Gasteiger partial charge in [-0.3, -0.25) is 9.48 Å². The van der Waals surface area contributed by atoms with E-state index in [1.54, 1.807) is 17.8 Å². The summed E-state index contributed by atoms with van der Waals surface area (Å²) in [7, 11) is 0. The van der Waals surface area contributed by atoms with Gasteiger partial charge in [-0.15, -0.1) is 0 Å². The van der Waals surface area contributed by atoms with Gasteiger partial charge in [0, 0.05) is 19.3 Å². The van der Waals surface area contributed by atoms with E-state index in [9.17, 15) is 9.59 Å². The van der Waals surface area contributed by atoms with E-state index in [-0.39, 0.29) is 6.54 Å². The summed E-state index contributed by atoms with van der Waals surface area (Å²) in [5, 5.41) is 15.2. The number of carboxylic acid groups (broad SMARTS) is 1. The van der Waals surface area contributed by atoms with Crippen LogP contribution in [0.4, 0.5) is 10.5 Å². The molecule has 2 amide bonds. The van der Waals surface area contributed by atoms with Gasteiger partial charge in [-0.1, -0.05) is 0 Å². The molecule has 0 saturated carbocycles. The molecule has 0 aromatic carbocycles. The molecule has 0 unspecified atom stereocenters. The van der Waals surface area contributed by atoms with E-state index in [1.807, 2.05) is 6.92 Å². The molecule has 17 heavy (non-hydrogen) atoms. The van der Waals surface area contributed by atoms with Crippen molar-refractivity contribution < 1.29 is 14.7 Å². The molecule has 1 aromatic heterocycles. The fraction of sp³-hybridized carbons (Fsp3) is 0.500. The molecule has 0 saturated heterocycles. The minimum atomic E-state index is -1.04. The number of hydrogen-bond acceptors (Lipinski definition) is 3. The quantitative estimate of drug-likeness (QED) is 0.798. The number of hydrogen-bond donors (Lipinski definition) is 2. The summed E-state index contributed by atoms with van der Waals surface area (Å²) in [5.41, 5.74) is 0.556. The Morgan fingerprint density at radius 1 is 1.53 bits per heavy atom. The molecule has 0 bridgehead atoms. The lowest BCUT2D eigenvalue weighted by Crippen LogP contribution is -2.38. The zero-order valence-corrected chi connectivity index (χ0v) is 9.88. The van der Waals surface area contributed by atoms with Crippen LogP contribution in [0.25, 0.3) is 0 Å². The van der Waals surface area contributed by atoms with E-state index in [4.69, 9.17) is 5.11 Å². The first-order valence-electron chi connectivity index (χ1n) is 5.37. The Balaban J connectivity index is 2.60. The molecule has 0 fully saturated rings. The first-order valence-corrected chi connectivity index (χ1v) is 5.37. The van der Waals surface area contributed by atoms with Crippen LogP contribution in [0.1, 0.15) is 13.8 Å². The number of aliphatic carboxylic acids is 1. The standard InChI is InChI=1S/C10H16N4O3/c1-3-13(7-9(15)16)10(17)12-8-5-11-14(4-2)6-8/h5-6H,3-4,7H2,1-2H3,(H,12,17)(H,15,16). The number of carboxylic acids is 1. The number of rotatable bonds is 5. The topological polar surface area (TPSA) is 87.5 Å². The van der Waals surface area contributed by atoms with Crippen molar-refractivity contribution in [2.45, 2.75) is 20.4 Å². The average molecular weight is 240 g/mol. The summed E-state index contributed by atoms with van der Waals surface area (Å²) in [5.74, 6) is -1.04. The van der Waals surface area contributed by atoms with Crippen molar-refractivity contribution in [3.8, 4) is 0 Å². The average Bonchev–Trinajstić information content (AvgIpc) is 2.73. The fourth-order valence-corrected chi connectivity index (χ4v) is 1.29. The zero-order chi connectivity index (χ0) is 12.8. The number of aromatic nitrogens is 2. The highest BCUT2D eigenvalue weighted by atomic mass is 16.4. The summed E-state index contributed by atoms with van der Waals surface area (Å²) in [6.45, 7) is 4.38. The molecule has 7 nitrogen and oxygen atoms in total. The lowest BCUT2D eigenvalue weighted by molar-refractivity contribution is -0.137. The Bertz CT molecular complexity index is 402. The smallest absolute Gasteiger partial charge is 0.323 e. The number of aryl methyl sites for hydroxylation is 1. The van der Waals surface area contributed by atoms with E-state index in [0.29, 0.717) is 18.8 Å². The van der Waals surface area contributed by atoms with Gasteiger partial charge in [0.1, 0.15) is 6.54 Å². The van der Waals surface area contributed by atoms with Crippen LogP contribution < -0.4 is 5.32 Å². The van der Waals surface area contributed by atoms with E-state index < -0.39 is 12.0 Å². The van der Waals surface area contributed by atoms with Crippen LogP contribution in [0.2, 0.25) is 0 Å². The van der Waals surface area contributed by atoms with Gasteiger partial charge in [-0.25, -0.2) is 4.79 Å². The second-order valence-electron chi connectivity index (χ2n) is 3.42. The van der Waals surface area contributed by atoms with Crippen molar-refractivity contribution in [1.82, 2.24) is 14.7 Å². The third-order valence-electron chi connectivity index (χ3n) is 2.20. The monoisotopic (exact) mass is 240 g/mol. The second kappa shape index (κ2) is 5.88. The Labute approximate surface area is 99.0 Å². The Morgan fingerprint density at radius 3 is 2.71 bits per heavy atom. The van der Waals surface area contributed by atoms with Crippen molar-refractivity contribution in [2.75, 3.05) is 18.4 Å². The normalized spacial score (nSPS) is 10.0. The first-order chi connectivity index (χ1) is 8.06. The predicted molar refractivity (Wildman–Crippen MR) is 61.8 cm³/mol. The molecular formula is C10H16N4O3. The van der Waals surface area contributed by atoms with Crippen molar-refractivity contribution in [2.24, 2.45) is 0 Å². The van der Waals surface area contributed by atoms with Crippen LogP contribution in [0.15, 0.2) is 12.4 Å². The maximum absolute atomic E-state index is 11.7. The number of nitrogens with one attached hydrogen (secondary N) is 1. The van der Waals surface area contributed by atoms with Crippen LogP contribution in [0.5, 0.6) is 0 Å². The maximum atomic E-state index is 11.7. The largest absolute Gasteiger partial charge is 0.480 e. The van der Waals surface area contributed by atoms with Crippen molar-refractivity contribution in [3.63, 3.8) is 0 Å². The molecule has 0 atom stereocenters. The molecule has 1 aromatic rings. The van der Waals surface area contributed by atoms with Gasteiger partial charge in [0.25, 0.3) is 0 Å². The van der Waals surface area contributed by atoms with Crippen LogP contribution >= 0.6 is 0 Å². The lowest BCUT2D eigenvalue weighted by Gasteiger charge is -2.18. The molecule has 0 aliphatic carbocycles. The molecule has 2 N–H and O–H groups in total. The number of nitrogens with zero attached hydrogens (tertiary/aromatic N) is 3. The van der Waals surface area contributed by atoms with Gasteiger partial charge in [0.05, 0.1) is 11.9 Å². The number of amides is 2. The number of anilines is 1. The van der Waals surface area contributed by atoms with Gasteiger partial charge >= 0.3 is 12.0 Å². The third-order valence-corrected chi connectivity index (χ3v) is 2.20. The minimum Gasteiger partial charge on any atom is -0.480 e. The third kappa shape index (κ3) is 3.78. The van der Waals surface area contributed by atoms with Gasteiger partial charge < -0.3 is 15.3 Å². The van der Waals surface area contributed by atoms with Crippen LogP contribution in [0, 0.1) is 0 Å². The molecule has 0 radical (unpaired) electrons. The number of carbonyl (C=O) groups is 2. The number of likely N-dealkylation sites (N-methyl/N-ethyl adjacent to an activating group) is 1. The fourth-order valence-electron chi connectivity index (χ4n) is 1.29. The molecule has 0 aliphatic rings. The summed E-state index contributed by atoms with van der Waals surface area (Å²) in [6, 6.07) is -0.439. The van der Waals surface area contributed by atoms with Crippen molar-refractivity contribution in [3.05, 3.63) is 12.4 Å². The van der Waals surface area contributed by atoms with E-state index in [0.717, 1.165) is 0 Å². The molecule has 7 heteroatoms. The molecule has 0 spiro atoms. The Kier molecular flexibility index (Phi) is 4.50. The number of urea groups is 1. The predicted octanol–water partition coefficient (Wildman–Crippen LogP) is 0.841. The summed E-state index contributed by atoms with van der Waals surface area (Å²) in [6.07, 6.45) is 3.21. The van der Waals surface area contributed by atoms with Crippen LogP contribution in [-0.4, -0.2) is 44.9 Å². The summed E-state index contributed by atoms with van der Waals surface area (Å²) >= 11 is 0. The van der Waals surface area contributed by atoms with Crippen molar-refractivity contribution in [1.29, 1.82) is 0 Å². The second-order valence-corrected chi connectivity index (χ2v) is 3.42. The zero-order valence-electron chi connectivity index (χ0n) is 9.88. The van der Waals surface area contributed by atoms with Crippen molar-refractivity contribution >= 4 is 17.7 Å². The lowest BCUT2D eigenvalue weighted by atomic mass is 10.5. The van der Waals surface area contributed by atoms with Gasteiger partial charge in [-0.05, 0) is 13.8 Å². The number of carbonyl (C=O) groups excluding carboxylic acids is 1. The van der Waals surface area contributed by atoms with Gasteiger partial charge in [-0.2, -0.15) is 5.10 Å². The molecule has 0 aliphatic heterocycles. The van der Waals surface area contributed by atoms with E-state index >= 15 is 0 Å². The Hall–Kier alpha value is -2.05. The minimum absolute atomic E-state index is 0.315. The molecule has 94 valence electrons. The highest BCUT2D eigenvalue weighted by Crippen LogP contribution is 2.06. The van der Waals surface area contributed by atoms with Gasteiger partial charge in [0.2, 0.25) is 0 Å². The summed E-state index contributed by atoms with van der Waals surface area (Å²) in [4.78, 5) is 23.4. The molecule has 1 rings (SSSR count). The highest BCUT2D eigenvalue weighted by molar-refractivity contribution is 5.91. The molecular weight excluding hydrogens is 224 g/mol.